The number of esters is 3. The number of hydrogen-bond donors (Lipinski definition) is 0. The summed E-state index contributed by atoms with van der Waals surface area (Å²) in [6.45, 7) is 8.94. The lowest BCUT2D eigenvalue weighted by Gasteiger charge is -2.18. The molecule has 0 aliphatic rings. The fourth-order valence-electron chi connectivity index (χ4n) is 6.06. The average molecular weight is 681 g/mol. The van der Waals surface area contributed by atoms with E-state index in [1.54, 1.807) is 0 Å². The minimum atomic E-state index is -0.756. The third kappa shape index (κ3) is 34.3. The standard InChI is InChI=1S/C42H80O6/c1-5-8-10-12-14-17-22-25-29-33-40(43)46-36-39(48-42(45)35-31-27-20-13-11-9-6-2)37-47-41(44)34-30-26-23-19-16-15-18-21-24-28-32-38(4)7-3/h38-39H,5-37H2,1-4H3/t38?,39-/m0/s1. The van der Waals surface area contributed by atoms with Gasteiger partial charge >= 0.3 is 17.9 Å². The zero-order valence-corrected chi connectivity index (χ0v) is 32.4. The molecule has 0 saturated carbocycles. The summed E-state index contributed by atoms with van der Waals surface area (Å²) in [6.07, 6.45) is 33.8. The van der Waals surface area contributed by atoms with Gasteiger partial charge in [0.25, 0.3) is 0 Å². The molecule has 0 radical (unpaired) electrons. The Hall–Kier alpha value is -1.59. The van der Waals surface area contributed by atoms with Crippen molar-refractivity contribution in [2.45, 2.75) is 233 Å². The molecule has 0 saturated heterocycles. The SMILES string of the molecule is CCCCCCCCCCCC(=O)OC[C@@H](COC(=O)CCCCCCCCCCCCC(C)CC)OC(=O)CCCCCCCCC. The maximum atomic E-state index is 12.6. The highest BCUT2D eigenvalue weighted by molar-refractivity contribution is 5.71. The lowest BCUT2D eigenvalue weighted by molar-refractivity contribution is -0.167. The summed E-state index contributed by atoms with van der Waals surface area (Å²) < 4.78 is 16.6. The summed E-state index contributed by atoms with van der Waals surface area (Å²) in [4.78, 5) is 37.4. The van der Waals surface area contributed by atoms with E-state index < -0.39 is 6.10 Å². The van der Waals surface area contributed by atoms with Gasteiger partial charge in [0.2, 0.25) is 0 Å². The van der Waals surface area contributed by atoms with Crippen LogP contribution in [0.15, 0.2) is 0 Å². The normalized spacial score (nSPS) is 12.5. The number of rotatable bonds is 37. The summed E-state index contributed by atoms with van der Waals surface area (Å²) in [5.74, 6) is 0.000711. The zero-order valence-electron chi connectivity index (χ0n) is 32.4. The van der Waals surface area contributed by atoms with E-state index in [4.69, 9.17) is 14.2 Å². The highest BCUT2D eigenvalue weighted by Gasteiger charge is 2.19. The Morgan fingerprint density at radius 1 is 0.417 bits per heavy atom. The molecule has 1 unspecified atom stereocenters. The first-order valence-electron chi connectivity index (χ1n) is 20.9. The molecule has 0 aromatic heterocycles. The van der Waals surface area contributed by atoms with Crippen LogP contribution in [-0.4, -0.2) is 37.2 Å². The predicted octanol–water partition coefficient (Wildman–Crippen LogP) is 12.8. The van der Waals surface area contributed by atoms with Gasteiger partial charge in [0.15, 0.2) is 6.10 Å². The molecule has 0 amide bonds. The van der Waals surface area contributed by atoms with Gasteiger partial charge in [-0.3, -0.25) is 14.4 Å². The molecule has 0 aliphatic carbocycles. The van der Waals surface area contributed by atoms with E-state index in [9.17, 15) is 14.4 Å². The Bertz CT molecular complexity index is 723. The molecule has 0 N–H and O–H groups in total. The highest BCUT2D eigenvalue weighted by atomic mass is 16.6. The zero-order chi connectivity index (χ0) is 35.3. The molecule has 6 nitrogen and oxygen atoms in total. The van der Waals surface area contributed by atoms with Crippen LogP contribution in [0.25, 0.3) is 0 Å². The van der Waals surface area contributed by atoms with Crippen LogP contribution in [0.2, 0.25) is 0 Å². The molecular weight excluding hydrogens is 600 g/mol. The van der Waals surface area contributed by atoms with Crippen LogP contribution in [0.4, 0.5) is 0 Å². The topological polar surface area (TPSA) is 78.9 Å². The summed E-state index contributed by atoms with van der Waals surface area (Å²) in [5.41, 5.74) is 0. The van der Waals surface area contributed by atoms with Crippen LogP contribution in [0, 0.1) is 5.92 Å². The van der Waals surface area contributed by atoms with Gasteiger partial charge in [0, 0.05) is 19.3 Å². The van der Waals surface area contributed by atoms with Crippen LogP contribution in [0.5, 0.6) is 0 Å². The van der Waals surface area contributed by atoms with Crippen molar-refractivity contribution in [3.05, 3.63) is 0 Å². The van der Waals surface area contributed by atoms with E-state index >= 15 is 0 Å². The Morgan fingerprint density at radius 2 is 0.729 bits per heavy atom. The van der Waals surface area contributed by atoms with Gasteiger partial charge in [-0.25, -0.2) is 0 Å². The second-order valence-corrected chi connectivity index (χ2v) is 14.5. The second-order valence-electron chi connectivity index (χ2n) is 14.5. The van der Waals surface area contributed by atoms with Crippen molar-refractivity contribution in [1.29, 1.82) is 0 Å². The molecule has 0 bridgehead atoms. The number of carbonyl (C=O) groups is 3. The second kappa shape index (κ2) is 36.7. The van der Waals surface area contributed by atoms with Gasteiger partial charge in [-0.15, -0.1) is 0 Å². The van der Waals surface area contributed by atoms with Crippen molar-refractivity contribution in [3.8, 4) is 0 Å². The summed E-state index contributed by atoms with van der Waals surface area (Å²) >= 11 is 0. The Labute approximate surface area is 298 Å². The largest absolute Gasteiger partial charge is 0.462 e. The van der Waals surface area contributed by atoms with Crippen LogP contribution in [-0.2, 0) is 28.6 Å². The first-order chi connectivity index (χ1) is 23.4. The van der Waals surface area contributed by atoms with Crippen LogP contribution < -0.4 is 0 Å². The molecule has 0 aromatic carbocycles. The number of hydrogen-bond acceptors (Lipinski definition) is 6. The van der Waals surface area contributed by atoms with Crippen molar-refractivity contribution >= 4 is 17.9 Å². The molecule has 0 fully saturated rings. The quantitative estimate of drug-likeness (QED) is 0.0369. The molecule has 0 aromatic rings. The first kappa shape index (κ1) is 46.4. The van der Waals surface area contributed by atoms with E-state index in [1.807, 2.05) is 0 Å². The minimum absolute atomic E-state index is 0.0652. The lowest BCUT2D eigenvalue weighted by Crippen LogP contribution is -2.30. The molecule has 2 atom stereocenters. The van der Waals surface area contributed by atoms with Gasteiger partial charge < -0.3 is 14.2 Å². The summed E-state index contributed by atoms with van der Waals surface area (Å²) in [6, 6.07) is 0. The maximum absolute atomic E-state index is 12.6. The molecule has 284 valence electrons. The molecule has 0 rings (SSSR count). The molecule has 0 heterocycles. The molecule has 48 heavy (non-hydrogen) atoms. The van der Waals surface area contributed by atoms with Crippen molar-refractivity contribution in [1.82, 2.24) is 0 Å². The van der Waals surface area contributed by atoms with E-state index in [0.717, 1.165) is 63.7 Å². The number of unbranched alkanes of at least 4 members (excludes halogenated alkanes) is 23. The van der Waals surface area contributed by atoms with E-state index in [0.29, 0.717) is 19.3 Å². The minimum Gasteiger partial charge on any atom is -0.462 e. The van der Waals surface area contributed by atoms with Gasteiger partial charge in [-0.1, -0.05) is 188 Å². The average Bonchev–Trinajstić information content (AvgIpc) is 3.08. The van der Waals surface area contributed by atoms with Crippen LogP contribution >= 0.6 is 0 Å². The summed E-state index contributed by atoms with van der Waals surface area (Å²) in [7, 11) is 0. The van der Waals surface area contributed by atoms with Crippen molar-refractivity contribution in [2.24, 2.45) is 5.92 Å². The van der Waals surface area contributed by atoms with Gasteiger partial charge in [-0.2, -0.15) is 0 Å². The van der Waals surface area contributed by atoms with E-state index in [1.165, 1.54) is 122 Å². The third-order valence-corrected chi connectivity index (χ3v) is 9.65. The monoisotopic (exact) mass is 681 g/mol. The molecular formula is C42H80O6. The van der Waals surface area contributed by atoms with Crippen LogP contribution in [0.1, 0.15) is 227 Å². The Balaban J connectivity index is 4.26. The Morgan fingerprint density at radius 3 is 1.08 bits per heavy atom. The first-order valence-corrected chi connectivity index (χ1v) is 20.9. The maximum Gasteiger partial charge on any atom is 0.306 e. The summed E-state index contributed by atoms with van der Waals surface area (Å²) in [5, 5.41) is 0. The Kier molecular flexibility index (Phi) is 35.5. The lowest BCUT2D eigenvalue weighted by atomic mass is 9.99. The van der Waals surface area contributed by atoms with Gasteiger partial charge in [0.05, 0.1) is 0 Å². The molecule has 0 spiro atoms. The highest BCUT2D eigenvalue weighted by Crippen LogP contribution is 2.16. The van der Waals surface area contributed by atoms with Gasteiger partial charge in [-0.05, 0) is 25.2 Å². The van der Waals surface area contributed by atoms with Gasteiger partial charge in [0.1, 0.15) is 13.2 Å². The fourth-order valence-corrected chi connectivity index (χ4v) is 6.06. The van der Waals surface area contributed by atoms with Crippen molar-refractivity contribution in [3.63, 3.8) is 0 Å². The fraction of sp³-hybridized carbons (Fsp3) is 0.929. The number of ether oxygens (including phenoxy) is 3. The van der Waals surface area contributed by atoms with E-state index in [2.05, 4.69) is 27.7 Å². The number of carbonyl (C=O) groups excluding carboxylic acids is 3. The molecule has 0 aliphatic heterocycles. The smallest absolute Gasteiger partial charge is 0.306 e. The molecule has 6 heteroatoms. The van der Waals surface area contributed by atoms with E-state index in [-0.39, 0.29) is 31.1 Å². The van der Waals surface area contributed by atoms with Crippen molar-refractivity contribution in [2.75, 3.05) is 13.2 Å². The predicted molar refractivity (Wildman–Crippen MR) is 201 cm³/mol. The van der Waals surface area contributed by atoms with Crippen LogP contribution in [0.3, 0.4) is 0 Å². The third-order valence-electron chi connectivity index (χ3n) is 9.65. The van der Waals surface area contributed by atoms with Crippen molar-refractivity contribution < 1.29 is 28.6 Å².